The molecule has 0 aromatic heterocycles. The third kappa shape index (κ3) is 7.10. The van der Waals surface area contributed by atoms with Gasteiger partial charge >= 0.3 is 5.95 Å². The van der Waals surface area contributed by atoms with E-state index < -0.39 is 0 Å². The van der Waals surface area contributed by atoms with Gasteiger partial charge in [0.2, 0.25) is 0 Å². The maximum atomic E-state index is 13.6. The minimum Gasteiger partial charge on any atom is -0.374 e. The monoisotopic (exact) mass is 351 g/mol. The second-order valence-electron chi connectivity index (χ2n) is 5.08. The van der Waals surface area contributed by atoms with Crippen LogP contribution in [0.15, 0.2) is 54.5 Å². The molecule has 1 rings (SSSR count). The number of halogens is 1. The molecule has 0 aliphatic rings. The van der Waals surface area contributed by atoms with Gasteiger partial charge in [-0.05, 0) is 30.2 Å². The predicted octanol–water partition coefficient (Wildman–Crippen LogP) is 4.81. The Balaban J connectivity index is 2.67. The van der Waals surface area contributed by atoms with Crippen LogP contribution in [-0.4, -0.2) is 37.2 Å². The summed E-state index contributed by atoms with van der Waals surface area (Å²) in [5, 5.41) is 0. The standard InChI is InChI=1S/C18H23FN2S2/c1-5-20(3)18(19)14-15(2)6-7-16-8-10-17(11-9-16)21(4)12-13-23-22/h6-11,14H,2-3,5,12-13H2,1,4H3/p+1/b7-6+,18-14-. The van der Waals surface area contributed by atoms with E-state index in [1.54, 1.807) is 6.08 Å². The van der Waals surface area contributed by atoms with E-state index in [4.69, 9.17) is 0 Å². The highest BCUT2D eigenvalue weighted by molar-refractivity contribution is 8.68. The van der Waals surface area contributed by atoms with Crippen LogP contribution < -0.4 is 4.90 Å². The van der Waals surface area contributed by atoms with Gasteiger partial charge < -0.3 is 4.90 Å². The number of allylic oxidation sites excluding steroid dienone is 3. The SMILES string of the molecule is C=C(/C=C/c1ccc(N(C)CCSS)cc1)/C=C(/F)[N+](=C)CC. The molecular weight excluding hydrogens is 327 g/mol. The van der Waals surface area contributed by atoms with Gasteiger partial charge in [-0.3, -0.25) is 0 Å². The quantitative estimate of drug-likeness (QED) is 0.170. The molecule has 1 aromatic rings. The number of thiol groups is 1. The van der Waals surface area contributed by atoms with Crippen LogP contribution in [0.3, 0.4) is 0 Å². The molecule has 5 heteroatoms. The van der Waals surface area contributed by atoms with Crippen molar-refractivity contribution in [1.82, 2.24) is 0 Å². The lowest BCUT2D eigenvalue weighted by Gasteiger charge is -2.18. The van der Waals surface area contributed by atoms with Crippen LogP contribution >= 0.6 is 22.5 Å². The Morgan fingerprint density at radius 3 is 2.61 bits per heavy atom. The average molecular weight is 352 g/mol. The predicted molar refractivity (Wildman–Crippen MR) is 106 cm³/mol. The molecule has 1 aromatic carbocycles. The van der Waals surface area contributed by atoms with Gasteiger partial charge in [0.05, 0.1) is 0 Å². The molecule has 0 radical (unpaired) electrons. The topological polar surface area (TPSA) is 6.25 Å². The van der Waals surface area contributed by atoms with Crippen LogP contribution in [-0.2, 0) is 0 Å². The van der Waals surface area contributed by atoms with E-state index >= 15 is 0 Å². The molecule has 0 spiro atoms. The lowest BCUT2D eigenvalue weighted by molar-refractivity contribution is -0.484. The molecule has 0 unspecified atom stereocenters. The first kappa shape index (κ1) is 19.6. The first-order valence-electron chi connectivity index (χ1n) is 7.37. The van der Waals surface area contributed by atoms with E-state index in [2.05, 4.69) is 49.0 Å². The fourth-order valence-electron chi connectivity index (χ4n) is 1.79. The van der Waals surface area contributed by atoms with Crippen LogP contribution in [0.2, 0.25) is 0 Å². The number of hydrogen-bond acceptors (Lipinski definition) is 3. The average Bonchev–Trinajstić information content (AvgIpc) is 2.57. The summed E-state index contributed by atoms with van der Waals surface area (Å²) in [4.78, 5) is 2.18. The molecule has 0 bridgehead atoms. The molecule has 0 aliphatic heterocycles. The summed E-state index contributed by atoms with van der Waals surface area (Å²) < 4.78 is 14.9. The Hall–Kier alpha value is -1.46. The van der Waals surface area contributed by atoms with Crippen molar-refractivity contribution >= 4 is 40.9 Å². The highest BCUT2D eigenvalue weighted by Crippen LogP contribution is 2.16. The second kappa shape index (κ2) is 10.3. The molecule has 0 N–H and O–H groups in total. The Bertz CT molecular complexity index is 592. The lowest BCUT2D eigenvalue weighted by Crippen LogP contribution is -2.19. The molecule has 23 heavy (non-hydrogen) atoms. The highest BCUT2D eigenvalue weighted by Gasteiger charge is 2.05. The van der Waals surface area contributed by atoms with Gasteiger partial charge in [0.1, 0.15) is 13.3 Å². The van der Waals surface area contributed by atoms with Crippen LogP contribution in [0, 0.1) is 0 Å². The third-order valence-electron chi connectivity index (χ3n) is 3.33. The summed E-state index contributed by atoms with van der Waals surface area (Å²) in [5.74, 6) is 0.584. The van der Waals surface area contributed by atoms with Crippen LogP contribution in [0.25, 0.3) is 6.08 Å². The summed E-state index contributed by atoms with van der Waals surface area (Å²) in [6.45, 7) is 10.7. The van der Waals surface area contributed by atoms with Gasteiger partial charge in [0, 0.05) is 31.1 Å². The Morgan fingerprint density at radius 2 is 2.04 bits per heavy atom. The molecule has 0 atom stereocenters. The molecule has 0 amide bonds. The smallest absolute Gasteiger partial charge is 0.359 e. The van der Waals surface area contributed by atoms with Gasteiger partial charge in [-0.1, -0.05) is 41.7 Å². The van der Waals surface area contributed by atoms with E-state index in [1.807, 2.05) is 25.1 Å². The number of anilines is 1. The van der Waals surface area contributed by atoms with Gasteiger partial charge in [0.25, 0.3) is 0 Å². The summed E-state index contributed by atoms with van der Waals surface area (Å²) in [7, 11) is 3.59. The second-order valence-corrected chi connectivity index (χ2v) is 6.52. The molecule has 0 saturated heterocycles. The van der Waals surface area contributed by atoms with Crippen molar-refractivity contribution in [3.8, 4) is 0 Å². The molecule has 0 heterocycles. The minimum absolute atomic E-state index is 0.388. The van der Waals surface area contributed by atoms with Gasteiger partial charge in [-0.25, -0.2) is 0 Å². The van der Waals surface area contributed by atoms with Crippen LogP contribution in [0.1, 0.15) is 12.5 Å². The van der Waals surface area contributed by atoms with Crippen molar-refractivity contribution in [2.75, 3.05) is 30.8 Å². The number of hydrogen-bond donors (Lipinski definition) is 1. The molecule has 124 valence electrons. The van der Waals surface area contributed by atoms with Crippen molar-refractivity contribution in [2.24, 2.45) is 0 Å². The van der Waals surface area contributed by atoms with E-state index in [-0.39, 0.29) is 5.95 Å². The maximum absolute atomic E-state index is 13.6. The zero-order valence-corrected chi connectivity index (χ0v) is 15.4. The summed E-state index contributed by atoms with van der Waals surface area (Å²) >= 11 is 4.15. The molecule has 0 saturated carbocycles. The molecule has 2 nitrogen and oxygen atoms in total. The van der Waals surface area contributed by atoms with Crippen molar-refractivity contribution in [3.63, 3.8) is 0 Å². The van der Waals surface area contributed by atoms with Gasteiger partial charge in [-0.2, -0.15) is 4.58 Å². The van der Waals surface area contributed by atoms with Crippen LogP contribution in [0.5, 0.6) is 0 Å². The van der Waals surface area contributed by atoms with Crippen molar-refractivity contribution < 1.29 is 8.97 Å². The number of rotatable bonds is 9. The highest BCUT2D eigenvalue weighted by atomic mass is 33.1. The minimum atomic E-state index is -0.388. The van der Waals surface area contributed by atoms with Crippen LogP contribution in [0.4, 0.5) is 10.1 Å². The van der Waals surface area contributed by atoms with E-state index in [1.165, 1.54) is 21.4 Å². The fourth-order valence-corrected chi connectivity index (χ4v) is 2.39. The van der Waals surface area contributed by atoms with E-state index in [0.29, 0.717) is 12.1 Å². The third-order valence-corrected chi connectivity index (χ3v) is 4.24. The van der Waals surface area contributed by atoms with Gasteiger partial charge in [0.15, 0.2) is 0 Å². The zero-order valence-electron chi connectivity index (χ0n) is 13.7. The summed E-state index contributed by atoms with van der Waals surface area (Å²) in [5.41, 5.74) is 2.80. The van der Waals surface area contributed by atoms with Crippen molar-refractivity contribution in [2.45, 2.75) is 6.92 Å². The molecular formula is C18H24FN2S2+. The normalized spacial score (nSPS) is 11.7. The lowest BCUT2D eigenvalue weighted by atomic mass is 10.1. The Kier molecular flexibility index (Phi) is 8.81. The van der Waals surface area contributed by atoms with Crippen molar-refractivity contribution in [3.05, 3.63) is 60.1 Å². The molecule has 0 fully saturated rings. The largest absolute Gasteiger partial charge is 0.374 e. The van der Waals surface area contributed by atoms with E-state index in [0.717, 1.165) is 23.5 Å². The zero-order chi connectivity index (χ0) is 17.2. The Labute approximate surface area is 147 Å². The summed E-state index contributed by atoms with van der Waals surface area (Å²) in [6.07, 6.45) is 5.09. The first-order valence-corrected chi connectivity index (χ1v) is 9.41. The number of nitrogens with zero attached hydrogens (tertiary/aromatic N) is 2. The van der Waals surface area contributed by atoms with Gasteiger partial charge in [-0.15, -0.1) is 16.1 Å². The number of benzene rings is 1. The maximum Gasteiger partial charge on any atom is 0.359 e. The first-order chi connectivity index (χ1) is 11.0. The fraction of sp³-hybridized carbons (Fsp3) is 0.278. The van der Waals surface area contributed by atoms with E-state index in [9.17, 15) is 4.39 Å². The van der Waals surface area contributed by atoms with Crippen molar-refractivity contribution in [1.29, 1.82) is 0 Å². The summed E-state index contributed by atoms with van der Waals surface area (Å²) in [6, 6.07) is 8.19. The molecule has 0 aliphatic carbocycles. The Morgan fingerprint density at radius 1 is 1.39 bits per heavy atom.